The van der Waals surface area contributed by atoms with Gasteiger partial charge in [-0.1, -0.05) is 72.8 Å². The van der Waals surface area contributed by atoms with Gasteiger partial charge in [0.15, 0.2) is 0 Å². The molecule has 3 aromatic rings. The number of benzene rings is 3. The number of carboxylic acid groups (broad SMARTS) is 2. The SMILES string of the molecule is Cc1cccc(N(Cc2ccccc2)Cc2ccccc2)c1C.O=C(O)/C=C\C(=O)O. The lowest BCUT2D eigenvalue weighted by Crippen LogP contribution is -2.23. The summed E-state index contributed by atoms with van der Waals surface area (Å²) in [7, 11) is 0. The molecule has 5 heteroatoms. The summed E-state index contributed by atoms with van der Waals surface area (Å²) in [6.07, 6.45) is 1.12. The fraction of sp³-hybridized carbons (Fsp3) is 0.154. The molecule has 0 bridgehead atoms. The van der Waals surface area contributed by atoms with Crippen molar-refractivity contribution < 1.29 is 19.8 Å². The summed E-state index contributed by atoms with van der Waals surface area (Å²) in [6.45, 7) is 6.23. The summed E-state index contributed by atoms with van der Waals surface area (Å²) in [5, 5.41) is 15.6. The van der Waals surface area contributed by atoms with E-state index in [0.717, 1.165) is 13.1 Å². The zero-order chi connectivity index (χ0) is 22.6. The summed E-state index contributed by atoms with van der Waals surface area (Å²) < 4.78 is 0. The minimum absolute atomic E-state index is 0.558. The highest BCUT2D eigenvalue weighted by Gasteiger charge is 2.12. The second-order valence-electron chi connectivity index (χ2n) is 7.06. The molecule has 0 aliphatic heterocycles. The molecular formula is C26H27NO4. The molecule has 0 aromatic heterocycles. The smallest absolute Gasteiger partial charge is 0.328 e. The third kappa shape index (κ3) is 8.19. The van der Waals surface area contributed by atoms with Crippen molar-refractivity contribution in [3.8, 4) is 0 Å². The molecule has 31 heavy (non-hydrogen) atoms. The van der Waals surface area contributed by atoms with E-state index in [1.54, 1.807) is 0 Å². The number of carboxylic acids is 2. The first-order chi connectivity index (χ1) is 14.9. The third-order valence-corrected chi connectivity index (χ3v) is 4.72. The van der Waals surface area contributed by atoms with Gasteiger partial charge in [0, 0.05) is 30.9 Å². The molecule has 0 fully saturated rings. The van der Waals surface area contributed by atoms with E-state index in [1.165, 1.54) is 27.9 Å². The summed E-state index contributed by atoms with van der Waals surface area (Å²) in [5.41, 5.74) is 6.69. The molecule has 0 aliphatic rings. The van der Waals surface area contributed by atoms with Crippen molar-refractivity contribution in [1.29, 1.82) is 0 Å². The Morgan fingerprint density at radius 3 is 1.58 bits per heavy atom. The van der Waals surface area contributed by atoms with E-state index in [1.807, 2.05) is 0 Å². The van der Waals surface area contributed by atoms with Crippen LogP contribution in [0.15, 0.2) is 91.0 Å². The first-order valence-electron chi connectivity index (χ1n) is 9.89. The molecule has 0 aliphatic carbocycles. The van der Waals surface area contributed by atoms with Gasteiger partial charge in [-0.15, -0.1) is 0 Å². The minimum Gasteiger partial charge on any atom is -0.478 e. The Kier molecular flexibility index (Phi) is 9.05. The number of nitrogens with zero attached hydrogens (tertiary/aromatic N) is 1. The molecule has 0 heterocycles. The number of hydrogen-bond acceptors (Lipinski definition) is 3. The van der Waals surface area contributed by atoms with Crippen LogP contribution < -0.4 is 4.90 Å². The van der Waals surface area contributed by atoms with Gasteiger partial charge in [0.2, 0.25) is 0 Å². The second kappa shape index (κ2) is 12.0. The molecule has 0 unspecified atom stereocenters. The molecule has 160 valence electrons. The topological polar surface area (TPSA) is 77.8 Å². The lowest BCUT2D eigenvalue weighted by Gasteiger charge is -2.27. The zero-order valence-electron chi connectivity index (χ0n) is 17.7. The average Bonchev–Trinajstić information content (AvgIpc) is 2.76. The van der Waals surface area contributed by atoms with Crippen molar-refractivity contribution >= 4 is 17.6 Å². The van der Waals surface area contributed by atoms with Gasteiger partial charge in [0.05, 0.1) is 0 Å². The largest absolute Gasteiger partial charge is 0.478 e. The Hall–Kier alpha value is -3.86. The Morgan fingerprint density at radius 2 is 1.16 bits per heavy atom. The predicted octanol–water partition coefficient (Wildman–Crippen LogP) is 5.22. The monoisotopic (exact) mass is 417 g/mol. The van der Waals surface area contributed by atoms with E-state index in [2.05, 4.69) is 97.6 Å². The van der Waals surface area contributed by atoms with Crippen LogP contribution in [0, 0.1) is 13.8 Å². The minimum atomic E-state index is -1.26. The van der Waals surface area contributed by atoms with Gasteiger partial charge in [-0.3, -0.25) is 0 Å². The summed E-state index contributed by atoms with van der Waals surface area (Å²) in [5.74, 6) is -2.51. The maximum Gasteiger partial charge on any atom is 0.328 e. The van der Waals surface area contributed by atoms with Crippen LogP contribution in [0.3, 0.4) is 0 Å². The van der Waals surface area contributed by atoms with Crippen molar-refractivity contribution in [2.75, 3.05) is 4.90 Å². The van der Waals surface area contributed by atoms with Crippen molar-refractivity contribution in [2.24, 2.45) is 0 Å². The standard InChI is InChI=1S/C22H23N.C4H4O4/c1-18-10-9-15-22(19(18)2)23(16-20-11-5-3-6-12-20)17-21-13-7-4-8-14-21;5-3(6)1-2-4(7)8/h3-15H,16-17H2,1-2H3;1-2H,(H,5,6)(H,7,8)/b;2-1-. The van der Waals surface area contributed by atoms with Gasteiger partial charge in [-0.05, 0) is 42.2 Å². The number of rotatable bonds is 7. The Morgan fingerprint density at radius 1 is 0.710 bits per heavy atom. The van der Waals surface area contributed by atoms with Crippen molar-refractivity contribution in [2.45, 2.75) is 26.9 Å². The first-order valence-corrected chi connectivity index (χ1v) is 9.89. The third-order valence-electron chi connectivity index (χ3n) is 4.72. The van der Waals surface area contributed by atoms with Gasteiger partial charge in [-0.25, -0.2) is 9.59 Å². The fourth-order valence-corrected chi connectivity index (χ4v) is 3.05. The molecule has 0 radical (unpaired) electrons. The molecule has 0 atom stereocenters. The van der Waals surface area contributed by atoms with Crippen LogP contribution in [0.2, 0.25) is 0 Å². The van der Waals surface area contributed by atoms with E-state index >= 15 is 0 Å². The van der Waals surface area contributed by atoms with E-state index in [0.29, 0.717) is 12.2 Å². The van der Waals surface area contributed by atoms with E-state index < -0.39 is 11.9 Å². The Labute approximate surface area is 182 Å². The van der Waals surface area contributed by atoms with Gasteiger partial charge in [0.1, 0.15) is 0 Å². The van der Waals surface area contributed by atoms with E-state index in [4.69, 9.17) is 10.2 Å². The van der Waals surface area contributed by atoms with Crippen LogP contribution >= 0.6 is 0 Å². The molecule has 0 saturated carbocycles. The lowest BCUT2D eigenvalue weighted by molar-refractivity contribution is -0.134. The van der Waals surface area contributed by atoms with Crippen LogP contribution in [0.4, 0.5) is 5.69 Å². The highest BCUT2D eigenvalue weighted by atomic mass is 16.4. The zero-order valence-corrected chi connectivity index (χ0v) is 17.7. The van der Waals surface area contributed by atoms with Crippen molar-refractivity contribution in [3.05, 3.63) is 113 Å². The molecule has 3 rings (SSSR count). The number of aryl methyl sites for hydroxylation is 1. The van der Waals surface area contributed by atoms with Gasteiger partial charge in [-0.2, -0.15) is 0 Å². The van der Waals surface area contributed by atoms with E-state index in [9.17, 15) is 9.59 Å². The Bertz CT molecular complexity index is 957. The maximum absolute atomic E-state index is 9.55. The number of hydrogen-bond donors (Lipinski definition) is 2. The van der Waals surface area contributed by atoms with Crippen LogP contribution in [-0.4, -0.2) is 22.2 Å². The van der Waals surface area contributed by atoms with Crippen molar-refractivity contribution in [1.82, 2.24) is 0 Å². The maximum atomic E-state index is 9.55. The van der Waals surface area contributed by atoms with Crippen LogP contribution in [-0.2, 0) is 22.7 Å². The van der Waals surface area contributed by atoms with Gasteiger partial charge >= 0.3 is 11.9 Å². The first kappa shape index (κ1) is 23.4. The van der Waals surface area contributed by atoms with Gasteiger partial charge in [0.25, 0.3) is 0 Å². The molecule has 0 spiro atoms. The molecular weight excluding hydrogens is 390 g/mol. The predicted molar refractivity (Wildman–Crippen MR) is 123 cm³/mol. The van der Waals surface area contributed by atoms with Gasteiger partial charge < -0.3 is 15.1 Å². The molecule has 0 saturated heterocycles. The van der Waals surface area contributed by atoms with Crippen molar-refractivity contribution in [3.63, 3.8) is 0 Å². The molecule has 2 N–H and O–H groups in total. The fourth-order valence-electron chi connectivity index (χ4n) is 3.05. The van der Waals surface area contributed by atoms with Crippen LogP contribution in [0.25, 0.3) is 0 Å². The summed E-state index contributed by atoms with van der Waals surface area (Å²) in [4.78, 5) is 21.6. The van der Waals surface area contributed by atoms with Crippen LogP contribution in [0.5, 0.6) is 0 Å². The number of anilines is 1. The number of aliphatic carboxylic acids is 2. The quantitative estimate of drug-likeness (QED) is 0.515. The second-order valence-corrected chi connectivity index (χ2v) is 7.06. The normalized spacial score (nSPS) is 10.3. The van der Waals surface area contributed by atoms with E-state index in [-0.39, 0.29) is 0 Å². The summed E-state index contributed by atoms with van der Waals surface area (Å²) >= 11 is 0. The molecule has 0 amide bonds. The highest BCUT2D eigenvalue weighted by Crippen LogP contribution is 2.26. The number of carbonyl (C=O) groups is 2. The Balaban J connectivity index is 0.000000366. The van der Waals surface area contributed by atoms with Crippen LogP contribution in [0.1, 0.15) is 22.3 Å². The lowest BCUT2D eigenvalue weighted by atomic mass is 10.1. The highest BCUT2D eigenvalue weighted by molar-refractivity contribution is 5.89. The summed E-state index contributed by atoms with van der Waals surface area (Å²) in [6, 6.07) is 27.9. The molecule has 3 aromatic carbocycles. The molecule has 5 nitrogen and oxygen atoms in total. The average molecular weight is 418 g/mol.